The Bertz CT molecular complexity index is 279. The maximum atomic E-state index is 2.16. The second kappa shape index (κ2) is 7.81. The molecule has 0 aliphatic rings. The molecule has 2 rings (SSSR count). The number of rotatable bonds is 0. The average Bonchev–Trinajstić information content (AvgIpc) is 2.71. The second-order valence-corrected chi connectivity index (χ2v) is 2.74. The monoisotopic (exact) mass is 194 g/mol. The molecule has 13 heavy (non-hydrogen) atoms. The van der Waals surface area contributed by atoms with Crippen molar-refractivity contribution < 1.29 is 0 Å². The summed E-state index contributed by atoms with van der Waals surface area (Å²) >= 11 is 1.75. The molecule has 0 N–H and O–H groups in total. The molecular weight excluding hydrogens is 176 g/mol. The van der Waals surface area contributed by atoms with E-state index in [4.69, 9.17) is 0 Å². The molecular formula is C12H18S. The van der Waals surface area contributed by atoms with Gasteiger partial charge < -0.3 is 0 Å². The van der Waals surface area contributed by atoms with Gasteiger partial charge in [0, 0.05) is 0 Å². The first-order valence-corrected chi connectivity index (χ1v) is 5.82. The van der Waals surface area contributed by atoms with Gasteiger partial charge in [-0.1, -0.05) is 52.0 Å². The maximum absolute atomic E-state index is 2.16. The fourth-order valence-electron chi connectivity index (χ4n) is 0.906. The molecule has 0 radical (unpaired) electrons. The van der Waals surface area contributed by atoms with Crippen LogP contribution in [0, 0.1) is 0 Å². The Morgan fingerprint density at radius 1 is 0.769 bits per heavy atom. The number of fused-ring (bicyclic) bond motifs is 1. The highest BCUT2D eigenvalue weighted by atomic mass is 32.1. The highest BCUT2D eigenvalue weighted by molar-refractivity contribution is 7.09. The van der Waals surface area contributed by atoms with E-state index < -0.39 is 0 Å². The first-order chi connectivity index (χ1) is 6.47. The van der Waals surface area contributed by atoms with Crippen molar-refractivity contribution in [2.45, 2.75) is 27.7 Å². The second-order valence-electron chi connectivity index (χ2n) is 2.00. The van der Waals surface area contributed by atoms with E-state index in [1.54, 1.807) is 11.3 Å². The molecule has 0 fully saturated rings. The fraction of sp³-hybridized carbons (Fsp3) is 0.333. The minimum Gasteiger partial charge on any atom is -0.151 e. The van der Waals surface area contributed by atoms with Gasteiger partial charge in [0.15, 0.2) is 0 Å². The van der Waals surface area contributed by atoms with Gasteiger partial charge >= 0.3 is 0 Å². The molecule has 0 nitrogen and oxygen atoms in total. The van der Waals surface area contributed by atoms with Crippen LogP contribution in [0.3, 0.4) is 0 Å². The van der Waals surface area contributed by atoms with Crippen LogP contribution in [0.4, 0.5) is 0 Å². The van der Waals surface area contributed by atoms with E-state index in [0.717, 1.165) is 0 Å². The summed E-state index contributed by atoms with van der Waals surface area (Å²) in [6, 6.07) is 8.39. The van der Waals surface area contributed by atoms with E-state index in [0.29, 0.717) is 0 Å². The van der Waals surface area contributed by atoms with E-state index in [2.05, 4.69) is 35.0 Å². The lowest BCUT2D eigenvalue weighted by Crippen LogP contribution is -1.57. The average molecular weight is 194 g/mol. The van der Waals surface area contributed by atoms with Gasteiger partial charge in [0.2, 0.25) is 0 Å². The minimum atomic E-state index is 1.35. The first-order valence-electron chi connectivity index (χ1n) is 4.88. The quantitative estimate of drug-likeness (QED) is 0.556. The minimum absolute atomic E-state index is 1.35. The van der Waals surface area contributed by atoms with Crippen molar-refractivity contribution in [1.82, 2.24) is 0 Å². The van der Waals surface area contributed by atoms with Crippen molar-refractivity contribution in [3.8, 4) is 0 Å². The summed E-state index contributed by atoms with van der Waals surface area (Å²) in [4.78, 5) is 0. The summed E-state index contributed by atoms with van der Waals surface area (Å²) in [5.41, 5.74) is 0. The van der Waals surface area contributed by atoms with Crippen molar-refractivity contribution >= 4 is 22.1 Å². The molecule has 0 amide bonds. The number of thiophene rings is 1. The van der Waals surface area contributed by atoms with E-state index >= 15 is 0 Å². The molecule has 0 aliphatic carbocycles. The maximum Gasteiger partial charge on any atom is -0.00145 e. The molecule has 0 bridgehead atoms. The van der Waals surface area contributed by atoms with Gasteiger partial charge in [0.25, 0.3) is 0 Å². The van der Waals surface area contributed by atoms with Crippen molar-refractivity contribution in [2.24, 2.45) is 0 Å². The molecule has 0 spiro atoms. The molecule has 1 heteroatoms. The van der Waals surface area contributed by atoms with Gasteiger partial charge in [-0.2, -0.15) is 11.3 Å². The third kappa shape index (κ3) is 3.60. The molecule has 0 atom stereocenters. The zero-order valence-electron chi connectivity index (χ0n) is 8.87. The summed E-state index contributed by atoms with van der Waals surface area (Å²) in [6.07, 6.45) is 0. The summed E-state index contributed by atoms with van der Waals surface area (Å²) in [6.45, 7) is 8.00. The molecule has 72 valence electrons. The first kappa shape index (κ1) is 12.2. The number of benzene rings is 1. The van der Waals surface area contributed by atoms with Crippen LogP contribution in [0.5, 0.6) is 0 Å². The van der Waals surface area contributed by atoms with Crippen LogP contribution in [0.1, 0.15) is 27.7 Å². The third-order valence-electron chi connectivity index (χ3n) is 1.39. The Morgan fingerprint density at radius 3 is 1.54 bits per heavy atom. The van der Waals surface area contributed by atoms with Crippen LogP contribution in [0.15, 0.2) is 35.0 Å². The van der Waals surface area contributed by atoms with Crippen LogP contribution in [0.2, 0.25) is 0 Å². The summed E-state index contributed by atoms with van der Waals surface area (Å²) in [7, 11) is 0. The van der Waals surface area contributed by atoms with Crippen molar-refractivity contribution in [1.29, 1.82) is 0 Å². The molecule has 2 aromatic rings. The van der Waals surface area contributed by atoms with E-state index in [9.17, 15) is 0 Å². The SMILES string of the molecule is CC.CC.c1ccc2cscc2c1. The number of hydrogen-bond acceptors (Lipinski definition) is 1. The molecule has 1 aromatic heterocycles. The lowest BCUT2D eigenvalue weighted by molar-refractivity contribution is 1.50. The van der Waals surface area contributed by atoms with Crippen molar-refractivity contribution in [3.05, 3.63) is 35.0 Å². The Balaban J connectivity index is 0.000000322. The molecule has 1 heterocycles. The Hall–Kier alpha value is -0.820. The van der Waals surface area contributed by atoms with Gasteiger partial charge in [-0.05, 0) is 21.5 Å². The Labute approximate surface area is 85.2 Å². The lowest BCUT2D eigenvalue weighted by Gasteiger charge is -1.82. The van der Waals surface area contributed by atoms with Crippen LogP contribution >= 0.6 is 11.3 Å². The van der Waals surface area contributed by atoms with Crippen molar-refractivity contribution in [2.75, 3.05) is 0 Å². The largest absolute Gasteiger partial charge is 0.151 e. The summed E-state index contributed by atoms with van der Waals surface area (Å²) in [5.74, 6) is 0. The van der Waals surface area contributed by atoms with Gasteiger partial charge in [0.05, 0.1) is 0 Å². The van der Waals surface area contributed by atoms with Crippen LogP contribution in [-0.4, -0.2) is 0 Å². The smallest absolute Gasteiger partial charge is 0.00145 e. The highest BCUT2D eigenvalue weighted by Crippen LogP contribution is 2.17. The predicted octanol–water partition coefficient (Wildman–Crippen LogP) is 4.95. The third-order valence-corrected chi connectivity index (χ3v) is 2.17. The van der Waals surface area contributed by atoms with Gasteiger partial charge in [-0.25, -0.2) is 0 Å². The highest BCUT2D eigenvalue weighted by Gasteiger charge is 1.87. The van der Waals surface area contributed by atoms with E-state index in [-0.39, 0.29) is 0 Å². The molecule has 0 aliphatic heterocycles. The lowest BCUT2D eigenvalue weighted by atomic mass is 10.2. The van der Waals surface area contributed by atoms with Gasteiger partial charge in [0.1, 0.15) is 0 Å². The zero-order valence-corrected chi connectivity index (χ0v) is 9.69. The van der Waals surface area contributed by atoms with Crippen LogP contribution < -0.4 is 0 Å². The summed E-state index contributed by atoms with van der Waals surface area (Å²) < 4.78 is 0. The Kier molecular flexibility index (Phi) is 7.32. The van der Waals surface area contributed by atoms with Gasteiger partial charge in [-0.3, -0.25) is 0 Å². The molecule has 0 saturated carbocycles. The normalized spacial score (nSPS) is 8.00. The fourth-order valence-corrected chi connectivity index (χ4v) is 1.70. The molecule has 0 saturated heterocycles. The zero-order chi connectivity index (χ0) is 10.1. The van der Waals surface area contributed by atoms with Gasteiger partial charge in [-0.15, -0.1) is 0 Å². The Morgan fingerprint density at radius 2 is 1.15 bits per heavy atom. The van der Waals surface area contributed by atoms with E-state index in [1.165, 1.54) is 10.8 Å². The standard InChI is InChI=1S/C8H6S.2C2H6/c1-2-4-8-6-9-5-7(8)3-1;2*1-2/h1-6H;2*1-2H3. The summed E-state index contributed by atoms with van der Waals surface area (Å²) in [5, 5.41) is 7.02. The van der Waals surface area contributed by atoms with E-state index in [1.807, 2.05) is 27.7 Å². The number of hydrogen-bond donors (Lipinski definition) is 0. The van der Waals surface area contributed by atoms with Crippen LogP contribution in [-0.2, 0) is 0 Å². The topological polar surface area (TPSA) is 0 Å². The predicted molar refractivity (Wildman–Crippen MR) is 64.5 cm³/mol. The molecule has 0 unspecified atom stereocenters. The van der Waals surface area contributed by atoms with Crippen molar-refractivity contribution in [3.63, 3.8) is 0 Å². The molecule has 1 aromatic carbocycles. The van der Waals surface area contributed by atoms with Crippen LogP contribution in [0.25, 0.3) is 10.8 Å².